The minimum atomic E-state index is -0.0534. The average Bonchev–Trinajstić information content (AvgIpc) is 2.77. The van der Waals surface area contributed by atoms with E-state index in [-0.39, 0.29) is 5.56 Å². The van der Waals surface area contributed by atoms with Crippen LogP contribution in [0.3, 0.4) is 0 Å². The molecular formula is C11H16N4OS. The molecule has 0 spiro atoms. The summed E-state index contributed by atoms with van der Waals surface area (Å²) in [6, 6.07) is 0. The molecule has 0 bridgehead atoms. The van der Waals surface area contributed by atoms with Crippen molar-refractivity contribution in [2.45, 2.75) is 38.9 Å². The van der Waals surface area contributed by atoms with Crippen molar-refractivity contribution in [1.29, 1.82) is 0 Å². The van der Waals surface area contributed by atoms with E-state index in [1.165, 1.54) is 4.68 Å². The largest absolute Gasteiger partial charge is 0.293 e. The van der Waals surface area contributed by atoms with Gasteiger partial charge >= 0.3 is 0 Å². The molecule has 6 heteroatoms. The standard InChI is InChI=1S/C11H16N4OS/c1-4-8-9-10(16)15(5-2)13-11(17-6-3)14(9)7-12-8/h7H,4-6H2,1-3H3. The average molecular weight is 252 g/mol. The van der Waals surface area contributed by atoms with Gasteiger partial charge < -0.3 is 0 Å². The lowest BCUT2D eigenvalue weighted by molar-refractivity contribution is 0.565. The van der Waals surface area contributed by atoms with E-state index >= 15 is 0 Å². The van der Waals surface area contributed by atoms with Crippen molar-refractivity contribution in [3.8, 4) is 0 Å². The minimum Gasteiger partial charge on any atom is -0.271 e. The van der Waals surface area contributed by atoms with Crippen molar-refractivity contribution in [1.82, 2.24) is 19.2 Å². The van der Waals surface area contributed by atoms with Gasteiger partial charge in [-0.2, -0.15) is 0 Å². The summed E-state index contributed by atoms with van der Waals surface area (Å²) in [4.78, 5) is 16.5. The molecule has 0 aromatic carbocycles. The molecule has 0 fully saturated rings. The maximum absolute atomic E-state index is 12.2. The molecule has 2 heterocycles. The summed E-state index contributed by atoms with van der Waals surface area (Å²) in [5, 5.41) is 5.18. The highest BCUT2D eigenvalue weighted by Gasteiger charge is 2.13. The Morgan fingerprint density at radius 3 is 2.71 bits per heavy atom. The predicted molar refractivity (Wildman–Crippen MR) is 68.7 cm³/mol. The maximum Gasteiger partial charge on any atom is 0.293 e. The fourth-order valence-corrected chi connectivity index (χ4v) is 2.47. The van der Waals surface area contributed by atoms with Crippen LogP contribution in [-0.2, 0) is 13.0 Å². The molecule has 0 saturated carbocycles. The normalized spacial score (nSPS) is 11.2. The van der Waals surface area contributed by atoms with Crippen LogP contribution >= 0.6 is 11.8 Å². The lowest BCUT2D eigenvalue weighted by atomic mass is 10.3. The molecule has 0 amide bonds. The van der Waals surface area contributed by atoms with Crippen LogP contribution in [0.25, 0.3) is 5.52 Å². The van der Waals surface area contributed by atoms with Crippen LogP contribution in [0.1, 0.15) is 26.5 Å². The number of aryl methyl sites for hydroxylation is 2. The second-order valence-corrected chi connectivity index (χ2v) is 4.83. The molecule has 0 saturated heterocycles. The van der Waals surface area contributed by atoms with Gasteiger partial charge in [-0.25, -0.2) is 9.67 Å². The first-order chi connectivity index (χ1) is 8.22. The molecule has 0 N–H and O–H groups in total. The van der Waals surface area contributed by atoms with E-state index in [1.54, 1.807) is 18.1 Å². The molecular weight excluding hydrogens is 236 g/mol. The third kappa shape index (κ3) is 1.97. The summed E-state index contributed by atoms with van der Waals surface area (Å²) in [7, 11) is 0. The number of rotatable bonds is 4. The number of imidazole rings is 1. The third-order valence-electron chi connectivity index (χ3n) is 2.60. The molecule has 2 aromatic heterocycles. The quantitative estimate of drug-likeness (QED) is 0.775. The number of hydrogen-bond donors (Lipinski definition) is 0. The lowest BCUT2D eigenvalue weighted by Gasteiger charge is -2.07. The van der Waals surface area contributed by atoms with Gasteiger partial charge in [0.25, 0.3) is 5.56 Å². The summed E-state index contributed by atoms with van der Waals surface area (Å²) in [6.07, 6.45) is 2.45. The molecule has 5 nitrogen and oxygen atoms in total. The second kappa shape index (κ2) is 4.91. The van der Waals surface area contributed by atoms with E-state index < -0.39 is 0 Å². The number of fused-ring (bicyclic) bond motifs is 1. The summed E-state index contributed by atoms with van der Waals surface area (Å²) in [6.45, 7) is 6.58. The van der Waals surface area contributed by atoms with Gasteiger partial charge in [-0.15, -0.1) is 5.10 Å². The lowest BCUT2D eigenvalue weighted by Crippen LogP contribution is -2.25. The summed E-state index contributed by atoms with van der Waals surface area (Å²) < 4.78 is 3.32. The monoisotopic (exact) mass is 252 g/mol. The van der Waals surface area contributed by atoms with Gasteiger partial charge in [0, 0.05) is 6.54 Å². The Balaban J connectivity index is 2.79. The van der Waals surface area contributed by atoms with Gasteiger partial charge in [-0.05, 0) is 19.1 Å². The second-order valence-electron chi connectivity index (χ2n) is 3.60. The Hall–Kier alpha value is -1.30. The molecule has 92 valence electrons. The zero-order valence-corrected chi connectivity index (χ0v) is 11.1. The van der Waals surface area contributed by atoms with E-state index in [1.807, 2.05) is 18.2 Å². The topological polar surface area (TPSA) is 52.2 Å². The summed E-state index contributed by atoms with van der Waals surface area (Å²) in [5.41, 5.74) is 1.46. The van der Waals surface area contributed by atoms with E-state index in [9.17, 15) is 4.79 Å². The first-order valence-corrected chi connectivity index (χ1v) is 6.81. The third-order valence-corrected chi connectivity index (χ3v) is 3.43. The minimum absolute atomic E-state index is 0.0534. The highest BCUT2D eigenvalue weighted by atomic mass is 32.2. The van der Waals surface area contributed by atoms with Gasteiger partial charge in [0.15, 0.2) is 5.16 Å². The van der Waals surface area contributed by atoms with Gasteiger partial charge in [0.1, 0.15) is 11.8 Å². The zero-order valence-electron chi connectivity index (χ0n) is 10.3. The van der Waals surface area contributed by atoms with Crippen molar-refractivity contribution in [2.75, 3.05) is 5.75 Å². The molecule has 0 unspecified atom stereocenters. The Kier molecular flexibility index (Phi) is 3.51. The van der Waals surface area contributed by atoms with Crippen LogP contribution < -0.4 is 5.56 Å². The fourth-order valence-electron chi connectivity index (χ4n) is 1.78. The van der Waals surface area contributed by atoms with Gasteiger partial charge in [-0.3, -0.25) is 9.20 Å². The molecule has 0 aliphatic carbocycles. The van der Waals surface area contributed by atoms with Crippen LogP contribution in [0.15, 0.2) is 16.3 Å². The Morgan fingerprint density at radius 2 is 2.12 bits per heavy atom. The van der Waals surface area contributed by atoms with Crippen LogP contribution in [0.2, 0.25) is 0 Å². The summed E-state index contributed by atoms with van der Waals surface area (Å²) in [5.74, 6) is 0.920. The van der Waals surface area contributed by atoms with Gasteiger partial charge in [-0.1, -0.05) is 25.6 Å². The molecule has 17 heavy (non-hydrogen) atoms. The molecule has 0 aliphatic heterocycles. The predicted octanol–water partition coefficient (Wildman–Crippen LogP) is 1.59. The number of aromatic nitrogens is 4. The van der Waals surface area contributed by atoms with E-state index in [0.29, 0.717) is 12.1 Å². The SMILES string of the molecule is CCSc1nn(CC)c(=O)c2c(CC)ncn12. The van der Waals surface area contributed by atoms with Crippen LogP contribution in [0.4, 0.5) is 0 Å². The number of thioether (sulfide) groups is 1. The molecule has 0 radical (unpaired) electrons. The van der Waals surface area contributed by atoms with Gasteiger partial charge in [0.05, 0.1) is 5.69 Å². The van der Waals surface area contributed by atoms with Crippen LogP contribution in [-0.4, -0.2) is 24.9 Å². The van der Waals surface area contributed by atoms with Crippen LogP contribution in [0.5, 0.6) is 0 Å². The molecule has 0 aliphatic rings. The smallest absolute Gasteiger partial charge is 0.271 e. The Bertz CT molecular complexity index is 587. The number of nitrogens with zero attached hydrogens (tertiary/aromatic N) is 4. The maximum atomic E-state index is 12.2. The van der Waals surface area contributed by atoms with Crippen molar-refractivity contribution >= 4 is 17.3 Å². The highest BCUT2D eigenvalue weighted by Crippen LogP contribution is 2.16. The van der Waals surface area contributed by atoms with Crippen molar-refractivity contribution in [3.05, 3.63) is 22.4 Å². The van der Waals surface area contributed by atoms with E-state index in [2.05, 4.69) is 17.0 Å². The Labute approximate surface area is 104 Å². The van der Waals surface area contributed by atoms with Crippen molar-refractivity contribution in [2.24, 2.45) is 0 Å². The summed E-state index contributed by atoms with van der Waals surface area (Å²) >= 11 is 1.62. The van der Waals surface area contributed by atoms with Crippen LogP contribution in [0, 0.1) is 0 Å². The van der Waals surface area contributed by atoms with Crippen molar-refractivity contribution < 1.29 is 0 Å². The number of hydrogen-bond acceptors (Lipinski definition) is 4. The van der Waals surface area contributed by atoms with E-state index in [4.69, 9.17) is 0 Å². The zero-order chi connectivity index (χ0) is 12.4. The molecule has 2 aromatic rings. The highest BCUT2D eigenvalue weighted by molar-refractivity contribution is 7.99. The first kappa shape index (κ1) is 12.2. The molecule has 0 atom stereocenters. The Morgan fingerprint density at radius 1 is 1.35 bits per heavy atom. The fraction of sp³-hybridized carbons (Fsp3) is 0.545. The van der Waals surface area contributed by atoms with Crippen molar-refractivity contribution in [3.63, 3.8) is 0 Å². The van der Waals surface area contributed by atoms with E-state index in [0.717, 1.165) is 23.0 Å². The molecule has 2 rings (SSSR count). The van der Waals surface area contributed by atoms with Gasteiger partial charge in [0.2, 0.25) is 0 Å². The first-order valence-electron chi connectivity index (χ1n) is 5.82.